The minimum absolute atomic E-state index is 0.395. The predicted molar refractivity (Wildman–Crippen MR) is 93.7 cm³/mol. The van der Waals surface area contributed by atoms with E-state index in [0.29, 0.717) is 11.8 Å². The van der Waals surface area contributed by atoms with Gasteiger partial charge in [-0.1, -0.05) is 31.5 Å². The van der Waals surface area contributed by atoms with Crippen LogP contribution in [0.4, 0.5) is 0 Å². The molecule has 0 amide bonds. The number of aliphatic hydroxyl groups is 1. The van der Waals surface area contributed by atoms with E-state index >= 15 is 0 Å². The second-order valence-electron chi connectivity index (χ2n) is 7.34. The molecule has 1 saturated carbocycles. The van der Waals surface area contributed by atoms with Crippen molar-refractivity contribution in [1.29, 1.82) is 0 Å². The lowest BCUT2D eigenvalue weighted by Gasteiger charge is -2.40. The Bertz CT molecular complexity index is 478. The van der Waals surface area contributed by atoms with Crippen LogP contribution >= 0.6 is 0 Å². The number of nitrogens with zero attached hydrogens (tertiary/aromatic N) is 1. The van der Waals surface area contributed by atoms with Crippen LogP contribution in [-0.2, 0) is 0 Å². The quantitative estimate of drug-likeness (QED) is 0.778. The Morgan fingerprint density at radius 2 is 2.04 bits per heavy atom. The number of hydrogen-bond acceptors (Lipinski definition) is 3. The molecule has 1 aromatic carbocycles. The van der Waals surface area contributed by atoms with Crippen molar-refractivity contribution in [3.05, 3.63) is 30.3 Å². The SMILES string of the molecule is CC[C@]1(O)CCC[C@H]2CN(CCCCOc3ccccc3)C[C@H]21. The van der Waals surface area contributed by atoms with Crippen LogP contribution in [0.3, 0.4) is 0 Å². The van der Waals surface area contributed by atoms with Crippen molar-refractivity contribution < 1.29 is 9.84 Å². The fourth-order valence-corrected chi connectivity index (χ4v) is 4.48. The summed E-state index contributed by atoms with van der Waals surface area (Å²) >= 11 is 0. The fraction of sp³-hybridized carbons (Fsp3) is 0.700. The zero-order valence-electron chi connectivity index (χ0n) is 14.4. The molecule has 1 aliphatic heterocycles. The summed E-state index contributed by atoms with van der Waals surface area (Å²) < 4.78 is 5.76. The summed E-state index contributed by atoms with van der Waals surface area (Å²) in [5.74, 6) is 2.18. The van der Waals surface area contributed by atoms with E-state index in [-0.39, 0.29) is 0 Å². The summed E-state index contributed by atoms with van der Waals surface area (Å²) in [5.41, 5.74) is -0.395. The molecule has 1 aliphatic carbocycles. The van der Waals surface area contributed by atoms with Crippen molar-refractivity contribution in [3.63, 3.8) is 0 Å². The number of benzene rings is 1. The maximum atomic E-state index is 10.9. The normalized spacial score (nSPS) is 31.0. The molecule has 3 rings (SSSR count). The van der Waals surface area contributed by atoms with Crippen LogP contribution in [-0.4, -0.2) is 41.8 Å². The number of ether oxygens (including phenoxy) is 1. The fourth-order valence-electron chi connectivity index (χ4n) is 4.48. The van der Waals surface area contributed by atoms with E-state index in [9.17, 15) is 5.11 Å². The monoisotopic (exact) mass is 317 g/mol. The van der Waals surface area contributed by atoms with Crippen molar-refractivity contribution in [2.75, 3.05) is 26.2 Å². The van der Waals surface area contributed by atoms with E-state index in [1.54, 1.807) is 0 Å². The zero-order chi connectivity index (χ0) is 16.1. The number of rotatable bonds is 7. The number of likely N-dealkylation sites (tertiary alicyclic amines) is 1. The second kappa shape index (κ2) is 7.67. The zero-order valence-corrected chi connectivity index (χ0v) is 14.4. The van der Waals surface area contributed by atoms with Gasteiger partial charge in [-0.25, -0.2) is 0 Å². The Morgan fingerprint density at radius 3 is 2.83 bits per heavy atom. The third kappa shape index (κ3) is 4.07. The second-order valence-corrected chi connectivity index (χ2v) is 7.34. The Hall–Kier alpha value is -1.06. The van der Waals surface area contributed by atoms with Crippen molar-refractivity contribution in [1.82, 2.24) is 4.90 Å². The van der Waals surface area contributed by atoms with Crippen molar-refractivity contribution in [3.8, 4) is 5.75 Å². The van der Waals surface area contributed by atoms with Gasteiger partial charge in [0.2, 0.25) is 0 Å². The molecule has 2 aliphatic rings. The highest BCUT2D eigenvalue weighted by atomic mass is 16.5. The van der Waals surface area contributed by atoms with Crippen molar-refractivity contribution in [2.45, 2.75) is 51.0 Å². The largest absolute Gasteiger partial charge is 0.494 e. The Balaban J connectivity index is 1.37. The lowest BCUT2D eigenvalue weighted by Crippen LogP contribution is -2.44. The molecule has 1 aromatic rings. The van der Waals surface area contributed by atoms with Crippen LogP contribution in [0.25, 0.3) is 0 Å². The Labute approximate surface area is 140 Å². The molecular weight excluding hydrogens is 286 g/mol. The minimum atomic E-state index is -0.395. The van der Waals surface area contributed by atoms with Gasteiger partial charge in [0.05, 0.1) is 12.2 Å². The van der Waals surface area contributed by atoms with Crippen LogP contribution < -0.4 is 4.74 Å². The molecule has 2 fully saturated rings. The Morgan fingerprint density at radius 1 is 1.22 bits per heavy atom. The molecule has 0 spiro atoms. The van der Waals surface area contributed by atoms with Crippen LogP contribution in [0.15, 0.2) is 30.3 Å². The van der Waals surface area contributed by atoms with E-state index in [2.05, 4.69) is 11.8 Å². The number of unbranched alkanes of at least 4 members (excludes halogenated alkanes) is 1. The van der Waals surface area contributed by atoms with Crippen LogP contribution in [0.2, 0.25) is 0 Å². The van der Waals surface area contributed by atoms with Crippen LogP contribution in [0, 0.1) is 11.8 Å². The third-order valence-corrected chi connectivity index (χ3v) is 5.88. The number of fused-ring (bicyclic) bond motifs is 1. The highest BCUT2D eigenvalue weighted by Crippen LogP contribution is 2.44. The summed E-state index contributed by atoms with van der Waals surface area (Å²) in [6, 6.07) is 10.1. The van der Waals surface area contributed by atoms with Gasteiger partial charge >= 0.3 is 0 Å². The summed E-state index contributed by atoms with van der Waals surface area (Å²) in [5, 5.41) is 10.9. The van der Waals surface area contributed by atoms with Gasteiger partial charge in [-0.15, -0.1) is 0 Å². The smallest absolute Gasteiger partial charge is 0.119 e. The molecule has 0 aromatic heterocycles. The average molecular weight is 317 g/mol. The molecule has 3 atom stereocenters. The minimum Gasteiger partial charge on any atom is -0.494 e. The molecule has 128 valence electrons. The van der Waals surface area contributed by atoms with Gasteiger partial charge in [-0.05, 0) is 56.7 Å². The van der Waals surface area contributed by atoms with E-state index in [0.717, 1.165) is 44.7 Å². The summed E-state index contributed by atoms with van der Waals surface area (Å²) in [6.45, 7) is 6.36. The first kappa shape index (κ1) is 16.8. The molecule has 3 heteroatoms. The predicted octanol–water partition coefficient (Wildman–Crippen LogP) is 3.72. The molecule has 3 nitrogen and oxygen atoms in total. The third-order valence-electron chi connectivity index (χ3n) is 5.88. The van der Waals surface area contributed by atoms with Gasteiger partial charge in [0, 0.05) is 19.0 Å². The van der Waals surface area contributed by atoms with Crippen molar-refractivity contribution >= 4 is 0 Å². The lowest BCUT2D eigenvalue weighted by atomic mass is 9.69. The summed E-state index contributed by atoms with van der Waals surface area (Å²) in [7, 11) is 0. The highest BCUT2D eigenvalue weighted by Gasteiger charge is 2.47. The topological polar surface area (TPSA) is 32.7 Å². The number of para-hydroxylation sites is 1. The average Bonchev–Trinajstić information content (AvgIpc) is 3.00. The van der Waals surface area contributed by atoms with Gasteiger partial charge in [0.25, 0.3) is 0 Å². The molecule has 23 heavy (non-hydrogen) atoms. The van der Waals surface area contributed by atoms with Gasteiger partial charge in [0.1, 0.15) is 5.75 Å². The molecule has 0 bridgehead atoms. The first-order chi connectivity index (χ1) is 11.2. The van der Waals surface area contributed by atoms with Crippen LogP contribution in [0.5, 0.6) is 5.75 Å². The van der Waals surface area contributed by atoms with Crippen molar-refractivity contribution in [2.24, 2.45) is 11.8 Å². The van der Waals surface area contributed by atoms with E-state index in [1.165, 1.54) is 25.8 Å². The molecule has 0 radical (unpaired) electrons. The lowest BCUT2D eigenvalue weighted by molar-refractivity contribution is -0.0612. The van der Waals surface area contributed by atoms with Crippen LogP contribution in [0.1, 0.15) is 45.4 Å². The van der Waals surface area contributed by atoms with E-state index in [4.69, 9.17) is 4.74 Å². The molecular formula is C20H31NO2. The molecule has 1 N–H and O–H groups in total. The molecule has 0 unspecified atom stereocenters. The number of hydrogen-bond donors (Lipinski definition) is 1. The van der Waals surface area contributed by atoms with E-state index in [1.807, 2.05) is 30.3 Å². The van der Waals surface area contributed by atoms with Gasteiger partial charge in [0.15, 0.2) is 0 Å². The maximum Gasteiger partial charge on any atom is 0.119 e. The maximum absolute atomic E-state index is 10.9. The van der Waals surface area contributed by atoms with Gasteiger partial charge in [-0.3, -0.25) is 0 Å². The van der Waals surface area contributed by atoms with Gasteiger partial charge < -0.3 is 14.7 Å². The summed E-state index contributed by atoms with van der Waals surface area (Å²) in [6.07, 6.45) is 6.69. The summed E-state index contributed by atoms with van der Waals surface area (Å²) in [4.78, 5) is 2.57. The highest BCUT2D eigenvalue weighted by molar-refractivity contribution is 5.20. The molecule has 1 heterocycles. The van der Waals surface area contributed by atoms with E-state index < -0.39 is 5.60 Å². The van der Waals surface area contributed by atoms with Gasteiger partial charge in [-0.2, -0.15) is 0 Å². The Kier molecular flexibility index (Phi) is 5.60. The molecule has 1 saturated heterocycles. The standard InChI is InChI=1S/C20H31NO2/c1-2-20(22)12-8-9-17-15-21(16-19(17)20)13-6-7-14-23-18-10-4-3-5-11-18/h3-5,10-11,17,19,22H,2,6-9,12-16H2,1H3/t17-,19+,20-/m0/s1. The first-order valence-electron chi connectivity index (χ1n) is 9.34. The first-order valence-corrected chi connectivity index (χ1v) is 9.34.